The van der Waals surface area contributed by atoms with E-state index in [0.29, 0.717) is 0 Å². The van der Waals surface area contributed by atoms with E-state index in [1.54, 1.807) is 0 Å². The van der Waals surface area contributed by atoms with Gasteiger partial charge in [-0.3, -0.25) is 0 Å². The van der Waals surface area contributed by atoms with Gasteiger partial charge < -0.3 is 21.6 Å². The number of nitrogens with two attached hydrogens (primary N) is 1. The number of carbonyl (C=O) groups excluding carboxylic acids is 1. The van der Waals surface area contributed by atoms with E-state index in [-0.39, 0.29) is 11.9 Å². The lowest BCUT2D eigenvalue weighted by Gasteiger charge is -2.28. The minimum absolute atomic E-state index is 0.0820. The Hall–Kier alpha value is -1.46. The van der Waals surface area contributed by atoms with Crippen LogP contribution in [-0.4, -0.2) is 29.7 Å². The molecule has 0 unspecified atom stereocenters. The van der Waals surface area contributed by atoms with Crippen molar-refractivity contribution in [2.75, 3.05) is 7.05 Å². The zero-order valence-corrected chi connectivity index (χ0v) is 8.21. The van der Waals surface area contributed by atoms with Crippen LogP contribution in [-0.2, 0) is 0 Å². The van der Waals surface area contributed by atoms with Crippen LogP contribution >= 0.6 is 0 Å². The fourth-order valence-electron chi connectivity index (χ4n) is 1.80. The highest BCUT2D eigenvalue weighted by atomic mass is 16.4. The predicted octanol–water partition coefficient (Wildman–Crippen LogP) is -0.0254. The molecular formula is C8H16N4O2. The van der Waals surface area contributed by atoms with Gasteiger partial charge in [0.2, 0.25) is 0 Å². The van der Waals surface area contributed by atoms with Crippen LogP contribution in [0.2, 0.25) is 0 Å². The lowest BCUT2D eigenvalue weighted by atomic mass is 9.96. The van der Waals surface area contributed by atoms with E-state index in [9.17, 15) is 4.79 Å². The summed E-state index contributed by atoms with van der Waals surface area (Å²) in [6.07, 6.45) is 3.38. The molecule has 1 aliphatic rings. The third-order valence-electron chi connectivity index (χ3n) is 2.64. The molecule has 1 fully saturated rings. The van der Waals surface area contributed by atoms with Gasteiger partial charge in [-0.25, -0.2) is 4.79 Å². The van der Waals surface area contributed by atoms with Crippen LogP contribution in [0.15, 0.2) is 5.16 Å². The molecule has 14 heavy (non-hydrogen) atoms. The van der Waals surface area contributed by atoms with Gasteiger partial charge in [0.1, 0.15) is 5.54 Å². The lowest BCUT2D eigenvalue weighted by Crippen LogP contribution is -2.57. The smallest absolute Gasteiger partial charge is 0.315 e. The molecule has 1 aliphatic carbocycles. The maximum Gasteiger partial charge on any atom is 0.315 e. The second kappa shape index (κ2) is 4.17. The Bertz CT molecular complexity index is 246. The number of nitrogens with one attached hydrogen (secondary N) is 2. The Morgan fingerprint density at radius 1 is 1.50 bits per heavy atom. The number of carbonyl (C=O) groups is 1. The number of rotatable bonds is 2. The van der Waals surface area contributed by atoms with Crippen LogP contribution in [0.4, 0.5) is 4.79 Å². The Kier molecular flexibility index (Phi) is 3.16. The molecule has 0 radical (unpaired) electrons. The highest BCUT2D eigenvalue weighted by Gasteiger charge is 2.39. The summed E-state index contributed by atoms with van der Waals surface area (Å²) in [5.41, 5.74) is 4.92. The van der Waals surface area contributed by atoms with Crippen LogP contribution in [0.3, 0.4) is 0 Å². The molecule has 0 aliphatic heterocycles. The average Bonchev–Trinajstić information content (AvgIpc) is 2.66. The van der Waals surface area contributed by atoms with E-state index in [4.69, 9.17) is 10.9 Å². The third-order valence-corrected chi connectivity index (χ3v) is 2.64. The minimum atomic E-state index is -0.658. The molecule has 0 saturated heterocycles. The molecular weight excluding hydrogens is 184 g/mol. The highest BCUT2D eigenvalue weighted by molar-refractivity contribution is 5.93. The van der Waals surface area contributed by atoms with Gasteiger partial charge in [-0.2, -0.15) is 0 Å². The number of hydrogen-bond donors (Lipinski definition) is 4. The molecule has 0 aromatic carbocycles. The number of amidine groups is 1. The molecule has 1 saturated carbocycles. The van der Waals surface area contributed by atoms with Gasteiger partial charge >= 0.3 is 6.03 Å². The third kappa shape index (κ3) is 1.89. The van der Waals surface area contributed by atoms with Crippen molar-refractivity contribution in [1.82, 2.24) is 10.6 Å². The fourth-order valence-corrected chi connectivity index (χ4v) is 1.80. The standard InChI is InChI=1S/C8H16N4O2/c1-10-7(13)11-8(6(9)12-14)4-2-3-5-8/h14H,2-5H2,1H3,(H2,9,12)(H2,10,11,13). The van der Waals surface area contributed by atoms with E-state index < -0.39 is 5.54 Å². The highest BCUT2D eigenvalue weighted by Crippen LogP contribution is 2.29. The largest absolute Gasteiger partial charge is 0.409 e. The Morgan fingerprint density at radius 3 is 2.50 bits per heavy atom. The Balaban J connectivity index is 2.77. The zero-order valence-electron chi connectivity index (χ0n) is 8.21. The first-order chi connectivity index (χ1) is 6.64. The normalized spacial score (nSPS) is 20.5. The molecule has 1 rings (SSSR count). The Morgan fingerprint density at radius 2 is 2.07 bits per heavy atom. The average molecular weight is 200 g/mol. The molecule has 0 atom stereocenters. The van der Waals surface area contributed by atoms with Crippen molar-refractivity contribution in [3.8, 4) is 0 Å². The summed E-state index contributed by atoms with van der Waals surface area (Å²) in [4.78, 5) is 11.2. The first-order valence-electron chi connectivity index (χ1n) is 4.62. The molecule has 5 N–H and O–H groups in total. The summed E-state index contributed by atoms with van der Waals surface area (Å²) < 4.78 is 0. The summed E-state index contributed by atoms with van der Waals surface area (Å²) in [5.74, 6) is 0.0820. The number of oxime groups is 1. The van der Waals surface area contributed by atoms with E-state index in [1.807, 2.05) is 0 Å². The molecule has 0 aromatic rings. The molecule has 0 spiro atoms. The summed E-state index contributed by atoms with van der Waals surface area (Å²) in [5, 5.41) is 16.8. The zero-order chi connectivity index (χ0) is 10.6. The summed E-state index contributed by atoms with van der Waals surface area (Å²) in [6, 6.07) is -0.307. The van der Waals surface area contributed by atoms with Crippen molar-refractivity contribution in [1.29, 1.82) is 0 Å². The first-order valence-corrected chi connectivity index (χ1v) is 4.62. The van der Waals surface area contributed by atoms with Gasteiger partial charge in [0, 0.05) is 7.05 Å². The fraction of sp³-hybridized carbons (Fsp3) is 0.750. The van der Waals surface area contributed by atoms with Crippen molar-refractivity contribution >= 4 is 11.9 Å². The molecule has 2 amide bonds. The molecule has 80 valence electrons. The van der Waals surface area contributed by atoms with Crippen molar-refractivity contribution < 1.29 is 10.0 Å². The topological polar surface area (TPSA) is 99.7 Å². The molecule has 0 bridgehead atoms. The van der Waals surface area contributed by atoms with Crippen molar-refractivity contribution in [3.63, 3.8) is 0 Å². The van der Waals surface area contributed by atoms with Gasteiger partial charge in [0.15, 0.2) is 5.84 Å². The number of urea groups is 1. The Labute approximate surface area is 82.5 Å². The second-order valence-corrected chi connectivity index (χ2v) is 3.48. The molecule has 0 aromatic heterocycles. The van der Waals surface area contributed by atoms with Crippen molar-refractivity contribution in [3.05, 3.63) is 0 Å². The maximum atomic E-state index is 11.2. The summed E-state index contributed by atoms with van der Waals surface area (Å²) in [7, 11) is 1.53. The van der Waals surface area contributed by atoms with Crippen LogP contribution in [0.25, 0.3) is 0 Å². The summed E-state index contributed by atoms with van der Waals surface area (Å²) in [6.45, 7) is 0. The molecule has 0 heterocycles. The second-order valence-electron chi connectivity index (χ2n) is 3.48. The van der Waals surface area contributed by atoms with Crippen molar-refractivity contribution in [2.45, 2.75) is 31.2 Å². The first kappa shape index (κ1) is 10.6. The quantitative estimate of drug-likeness (QED) is 0.218. The SMILES string of the molecule is CNC(=O)NC1(C(N)=NO)CCCC1. The van der Waals surface area contributed by atoms with E-state index in [2.05, 4.69) is 15.8 Å². The van der Waals surface area contributed by atoms with Crippen LogP contribution < -0.4 is 16.4 Å². The van der Waals surface area contributed by atoms with Gasteiger partial charge in [0.05, 0.1) is 0 Å². The monoisotopic (exact) mass is 200 g/mol. The lowest BCUT2D eigenvalue weighted by molar-refractivity contribution is 0.234. The van der Waals surface area contributed by atoms with Crippen LogP contribution in [0.1, 0.15) is 25.7 Å². The summed E-state index contributed by atoms with van der Waals surface area (Å²) >= 11 is 0. The number of amides is 2. The van der Waals surface area contributed by atoms with Crippen molar-refractivity contribution in [2.24, 2.45) is 10.9 Å². The van der Waals surface area contributed by atoms with E-state index in [1.165, 1.54) is 7.05 Å². The van der Waals surface area contributed by atoms with Gasteiger partial charge in [-0.1, -0.05) is 18.0 Å². The number of hydrogen-bond acceptors (Lipinski definition) is 3. The minimum Gasteiger partial charge on any atom is -0.409 e. The van der Waals surface area contributed by atoms with Crippen LogP contribution in [0.5, 0.6) is 0 Å². The van der Waals surface area contributed by atoms with Crippen LogP contribution in [0, 0.1) is 0 Å². The van der Waals surface area contributed by atoms with Gasteiger partial charge in [0.25, 0.3) is 0 Å². The molecule has 6 heteroatoms. The number of nitrogens with zero attached hydrogens (tertiary/aromatic N) is 1. The molecule has 6 nitrogen and oxygen atoms in total. The van der Waals surface area contributed by atoms with Gasteiger partial charge in [-0.05, 0) is 12.8 Å². The van der Waals surface area contributed by atoms with E-state index >= 15 is 0 Å². The van der Waals surface area contributed by atoms with Gasteiger partial charge in [-0.15, -0.1) is 0 Å². The predicted molar refractivity (Wildman–Crippen MR) is 52.2 cm³/mol. The maximum absolute atomic E-state index is 11.2. The van der Waals surface area contributed by atoms with E-state index in [0.717, 1.165) is 25.7 Å².